The van der Waals surface area contributed by atoms with Crippen molar-refractivity contribution >= 4 is 40.6 Å². The van der Waals surface area contributed by atoms with Gasteiger partial charge >= 0.3 is 0 Å². The van der Waals surface area contributed by atoms with E-state index in [1.807, 2.05) is 44.4 Å². The number of rotatable bonds is 9. The number of carbonyl (C=O) groups excluding carboxylic acids is 1. The fourth-order valence-corrected chi connectivity index (χ4v) is 2.98. The molecule has 0 aliphatic rings. The number of hydrogen-bond donors (Lipinski definition) is 2. The predicted octanol–water partition coefficient (Wildman–Crippen LogP) is 5.18. The highest BCUT2D eigenvalue weighted by Gasteiger charge is 2.14. The zero-order valence-corrected chi connectivity index (χ0v) is 17.8. The quantitative estimate of drug-likeness (QED) is 0.334. The summed E-state index contributed by atoms with van der Waals surface area (Å²) in [6, 6.07) is 7.59. The second-order valence-corrected chi connectivity index (χ2v) is 6.85. The monoisotopic (exact) mass is 408 g/mol. The topological polar surface area (TPSA) is 103 Å². The molecule has 0 saturated heterocycles. The number of Topliss-reactive ketones (excluding diaryl/α,β-unsaturated/α-hetero) is 1. The highest BCUT2D eigenvalue weighted by molar-refractivity contribution is 7.98. The summed E-state index contributed by atoms with van der Waals surface area (Å²) in [6.45, 7) is 5.43. The molecule has 0 aromatic carbocycles. The van der Waals surface area contributed by atoms with Crippen molar-refractivity contribution in [2.45, 2.75) is 38.5 Å². The number of aromatic nitrogens is 2. The van der Waals surface area contributed by atoms with Crippen LogP contribution in [0.1, 0.15) is 44.0 Å². The molecule has 2 rings (SSSR count). The van der Waals surface area contributed by atoms with E-state index >= 15 is 0 Å². The summed E-state index contributed by atoms with van der Waals surface area (Å²) >= 11 is 1.57. The minimum atomic E-state index is -0.0177. The van der Waals surface area contributed by atoms with E-state index in [-0.39, 0.29) is 5.78 Å². The Morgan fingerprint density at radius 2 is 2.17 bits per heavy atom. The first-order valence-electron chi connectivity index (χ1n) is 9.24. The number of carbonyl (C=O) groups is 1. The third-order valence-electron chi connectivity index (χ3n) is 3.87. The first kappa shape index (κ1) is 22.1. The fraction of sp³-hybridized carbons (Fsp3) is 0.286. The molecular weight excluding hydrogens is 384 g/mol. The van der Waals surface area contributed by atoms with Crippen molar-refractivity contribution in [3.05, 3.63) is 48.1 Å². The van der Waals surface area contributed by atoms with Crippen molar-refractivity contribution in [2.75, 3.05) is 16.9 Å². The fourth-order valence-electron chi connectivity index (χ4n) is 2.47. The maximum Gasteiger partial charge on any atom is 0.166 e. The average Bonchev–Trinajstić information content (AvgIpc) is 2.73. The second kappa shape index (κ2) is 11.0. The standard InChI is InChI=1S/C21H24N6OS/c1-5-8-19(25-14(3)12-22)27-20-11-16(15(13-24-20)17(28)6-2)26-21-18(29-4)9-7-10-23-21/h7-11,13H,5-6H2,1-4H3,(H2,23,24,26,27)/b19-8+,25-14+. The molecule has 0 radical (unpaired) electrons. The third kappa shape index (κ3) is 6.16. The first-order valence-corrected chi connectivity index (χ1v) is 10.5. The molecule has 0 unspecified atom stereocenters. The zero-order chi connectivity index (χ0) is 21.2. The highest BCUT2D eigenvalue weighted by Crippen LogP contribution is 2.29. The van der Waals surface area contributed by atoms with E-state index in [1.54, 1.807) is 37.1 Å². The number of nitriles is 1. The van der Waals surface area contributed by atoms with E-state index in [4.69, 9.17) is 5.26 Å². The van der Waals surface area contributed by atoms with Crippen molar-refractivity contribution in [2.24, 2.45) is 4.99 Å². The summed E-state index contributed by atoms with van der Waals surface area (Å²) in [6.07, 6.45) is 8.19. The van der Waals surface area contributed by atoms with Crippen LogP contribution in [0.25, 0.3) is 0 Å². The van der Waals surface area contributed by atoms with Gasteiger partial charge in [0.1, 0.15) is 29.2 Å². The minimum absolute atomic E-state index is 0.0177. The lowest BCUT2D eigenvalue weighted by molar-refractivity contribution is 0.0988. The molecule has 0 amide bonds. The minimum Gasteiger partial charge on any atom is -0.339 e. The molecule has 2 aromatic heterocycles. The molecule has 0 spiro atoms. The number of anilines is 3. The molecule has 7 nitrogen and oxygen atoms in total. The van der Waals surface area contributed by atoms with Crippen LogP contribution in [-0.2, 0) is 0 Å². The van der Waals surface area contributed by atoms with E-state index in [0.29, 0.717) is 40.8 Å². The van der Waals surface area contributed by atoms with Gasteiger partial charge in [-0.05, 0) is 37.8 Å². The Morgan fingerprint density at radius 1 is 1.38 bits per heavy atom. The van der Waals surface area contributed by atoms with Gasteiger partial charge in [-0.2, -0.15) is 5.26 Å². The van der Waals surface area contributed by atoms with Gasteiger partial charge in [-0.1, -0.05) is 13.8 Å². The van der Waals surface area contributed by atoms with Crippen molar-refractivity contribution in [1.82, 2.24) is 9.97 Å². The molecular formula is C21H24N6OS. The molecule has 2 N–H and O–H groups in total. The number of pyridine rings is 2. The average molecular weight is 409 g/mol. The number of nitrogens with zero attached hydrogens (tertiary/aromatic N) is 4. The molecule has 2 heterocycles. The van der Waals surface area contributed by atoms with Crippen LogP contribution in [0, 0.1) is 11.3 Å². The molecule has 150 valence electrons. The number of ketones is 1. The normalized spacial score (nSPS) is 11.7. The van der Waals surface area contributed by atoms with E-state index in [1.165, 1.54) is 0 Å². The van der Waals surface area contributed by atoms with Crippen LogP contribution < -0.4 is 10.6 Å². The van der Waals surface area contributed by atoms with Crippen molar-refractivity contribution in [3.63, 3.8) is 0 Å². The lowest BCUT2D eigenvalue weighted by atomic mass is 10.1. The molecule has 0 saturated carbocycles. The highest BCUT2D eigenvalue weighted by atomic mass is 32.2. The third-order valence-corrected chi connectivity index (χ3v) is 4.64. The van der Waals surface area contributed by atoms with Gasteiger partial charge in [0.25, 0.3) is 0 Å². The van der Waals surface area contributed by atoms with Crippen LogP contribution in [0.4, 0.5) is 17.3 Å². The van der Waals surface area contributed by atoms with E-state index < -0.39 is 0 Å². The van der Waals surface area contributed by atoms with Crippen LogP contribution in [0.15, 0.2) is 52.4 Å². The summed E-state index contributed by atoms with van der Waals surface area (Å²) in [7, 11) is 0. The number of allylic oxidation sites excluding steroid dienone is 1. The first-order chi connectivity index (χ1) is 14.0. The molecule has 8 heteroatoms. The summed E-state index contributed by atoms with van der Waals surface area (Å²) in [5.74, 6) is 1.69. The van der Waals surface area contributed by atoms with Crippen molar-refractivity contribution < 1.29 is 4.79 Å². The van der Waals surface area contributed by atoms with E-state index in [2.05, 4.69) is 25.6 Å². The summed E-state index contributed by atoms with van der Waals surface area (Å²) in [4.78, 5) is 26.4. The van der Waals surface area contributed by atoms with Crippen molar-refractivity contribution in [1.29, 1.82) is 5.26 Å². The lowest BCUT2D eigenvalue weighted by Gasteiger charge is -2.14. The van der Waals surface area contributed by atoms with Gasteiger partial charge in [-0.3, -0.25) is 4.79 Å². The largest absolute Gasteiger partial charge is 0.339 e. The van der Waals surface area contributed by atoms with Crippen LogP contribution in [0.3, 0.4) is 0 Å². The van der Waals surface area contributed by atoms with E-state index in [9.17, 15) is 4.79 Å². The molecule has 0 fully saturated rings. The molecule has 0 aliphatic heterocycles. The number of nitrogens with one attached hydrogen (secondary N) is 2. The molecule has 0 aliphatic carbocycles. The Hall–Kier alpha value is -3.18. The van der Waals surface area contributed by atoms with Crippen molar-refractivity contribution in [3.8, 4) is 6.07 Å². The Morgan fingerprint density at radius 3 is 2.83 bits per heavy atom. The number of hydrogen-bond acceptors (Lipinski definition) is 8. The van der Waals surface area contributed by atoms with Gasteiger partial charge in [0.2, 0.25) is 0 Å². The number of thioether (sulfide) groups is 1. The maximum absolute atomic E-state index is 12.4. The van der Waals surface area contributed by atoms with Crippen LogP contribution in [-0.4, -0.2) is 27.7 Å². The summed E-state index contributed by atoms with van der Waals surface area (Å²) < 4.78 is 0. The smallest absolute Gasteiger partial charge is 0.166 e. The summed E-state index contributed by atoms with van der Waals surface area (Å²) in [5, 5.41) is 15.4. The van der Waals surface area contributed by atoms with Gasteiger partial charge in [0.15, 0.2) is 5.78 Å². The van der Waals surface area contributed by atoms with E-state index in [0.717, 1.165) is 11.3 Å². The lowest BCUT2D eigenvalue weighted by Crippen LogP contribution is -2.08. The zero-order valence-electron chi connectivity index (χ0n) is 17.0. The molecule has 0 bridgehead atoms. The van der Waals surface area contributed by atoms with Crippen LogP contribution >= 0.6 is 11.8 Å². The van der Waals surface area contributed by atoms with Gasteiger partial charge in [0.05, 0.1) is 11.3 Å². The van der Waals surface area contributed by atoms with Gasteiger partial charge < -0.3 is 10.6 Å². The maximum atomic E-state index is 12.4. The Kier molecular flexibility index (Phi) is 8.37. The Balaban J connectivity index is 2.44. The number of aliphatic imine (C=N–C) groups is 1. The van der Waals surface area contributed by atoms with Gasteiger partial charge in [-0.25, -0.2) is 15.0 Å². The van der Waals surface area contributed by atoms with Gasteiger partial charge in [-0.15, -0.1) is 11.8 Å². The second-order valence-electron chi connectivity index (χ2n) is 6.00. The van der Waals surface area contributed by atoms with Crippen LogP contribution in [0.5, 0.6) is 0 Å². The summed E-state index contributed by atoms with van der Waals surface area (Å²) in [5.41, 5.74) is 1.44. The SMILES string of the molecule is CC/C=C(\N=C(/C)C#N)Nc1cc(Nc2ncccc2SC)c(C(=O)CC)cn1. The Labute approximate surface area is 175 Å². The molecule has 0 atom stereocenters. The molecule has 29 heavy (non-hydrogen) atoms. The van der Waals surface area contributed by atoms with Crippen LogP contribution in [0.2, 0.25) is 0 Å². The predicted molar refractivity (Wildman–Crippen MR) is 119 cm³/mol. The molecule has 2 aromatic rings. The van der Waals surface area contributed by atoms with Gasteiger partial charge in [0, 0.05) is 29.8 Å². The Bertz CT molecular complexity index is 977.